The highest BCUT2D eigenvalue weighted by atomic mass is 14.9. The zero-order valence-electron chi connectivity index (χ0n) is 11.6. The number of hydrogen-bond acceptors (Lipinski definition) is 1. The van der Waals surface area contributed by atoms with E-state index >= 15 is 0 Å². The molecule has 0 saturated carbocycles. The van der Waals surface area contributed by atoms with Crippen LogP contribution in [0.2, 0.25) is 0 Å². The molecule has 0 fully saturated rings. The number of nitrogens with one attached hydrogen (secondary N) is 1. The highest BCUT2D eigenvalue weighted by Crippen LogP contribution is 2.18. The van der Waals surface area contributed by atoms with Gasteiger partial charge < -0.3 is 5.32 Å². The number of rotatable bonds is 8. The topological polar surface area (TPSA) is 12.0 Å². The molecule has 0 radical (unpaired) electrons. The first kappa shape index (κ1) is 14.1. The SMILES string of the molecule is CCCCCCCNc1cccc(C(C)C)c1. The summed E-state index contributed by atoms with van der Waals surface area (Å²) >= 11 is 0. The molecule has 0 aliphatic heterocycles. The quantitative estimate of drug-likeness (QED) is 0.609. The smallest absolute Gasteiger partial charge is 0.0343 e. The normalized spacial score (nSPS) is 10.8. The van der Waals surface area contributed by atoms with Crippen molar-refractivity contribution >= 4 is 5.69 Å². The molecular formula is C16H27N. The highest BCUT2D eigenvalue weighted by Gasteiger charge is 1.99. The molecule has 0 aliphatic carbocycles. The Balaban J connectivity index is 2.24. The van der Waals surface area contributed by atoms with Gasteiger partial charge in [-0.25, -0.2) is 0 Å². The molecule has 0 aliphatic rings. The second kappa shape index (κ2) is 8.16. The molecule has 96 valence electrons. The van der Waals surface area contributed by atoms with Gasteiger partial charge in [-0.3, -0.25) is 0 Å². The number of unbranched alkanes of at least 4 members (excludes halogenated alkanes) is 4. The fourth-order valence-corrected chi connectivity index (χ4v) is 1.97. The van der Waals surface area contributed by atoms with E-state index < -0.39 is 0 Å². The predicted octanol–water partition coefficient (Wildman–Crippen LogP) is 5.19. The van der Waals surface area contributed by atoms with Crippen molar-refractivity contribution in [3.05, 3.63) is 29.8 Å². The summed E-state index contributed by atoms with van der Waals surface area (Å²) in [5.74, 6) is 0.612. The summed E-state index contributed by atoms with van der Waals surface area (Å²) in [7, 11) is 0. The Morgan fingerprint density at radius 2 is 1.82 bits per heavy atom. The van der Waals surface area contributed by atoms with Gasteiger partial charge >= 0.3 is 0 Å². The van der Waals surface area contributed by atoms with Gasteiger partial charge in [0.25, 0.3) is 0 Å². The van der Waals surface area contributed by atoms with Crippen LogP contribution >= 0.6 is 0 Å². The van der Waals surface area contributed by atoms with Crippen molar-refractivity contribution in [2.75, 3.05) is 11.9 Å². The molecule has 0 spiro atoms. The second-order valence-electron chi connectivity index (χ2n) is 5.12. The first-order valence-electron chi connectivity index (χ1n) is 7.08. The first-order chi connectivity index (χ1) is 8.24. The molecule has 1 aromatic rings. The monoisotopic (exact) mass is 233 g/mol. The third-order valence-electron chi connectivity index (χ3n) is 3.16. The largest absolute Gasteiger partial charge is 0.385 e. The van der Waals surface area contributed by atoms with Crippen LogP contribution in [0, 0.1) is 0 Å². The van der Waals surface area contributed by atoms with Gasteiger partial charge in [-0.2, -0.15) is 0 Å². The molecule has 0 aromatic heterocycles. The average molecular weight is 233 g/mol. The molecule has 0 bridgehead atoms. The highest BCUT2D eigenvalue weighted by molar-refractivity contribution is 5.46. The molecule has 0 heterocycles. The predicted molar refractivity (Wildman–Crippen MR) is 77.8 cm³/mol. The van der Waals surface area contributed by atoms with Crippen LogP contribution in [0.1, 0.15) is 64.4 Å². The minimum absolute atomic E-state index is 0.612. The minimum Gasteiger partial charge on any atom is -0.385 e. The number of hydrogen-bond donors (Lipinski definition) is 1. The van der Waals surface area contributed by atoms with Crippen molar-refractivity contribution < 1.29 is 0 Å². The Labute approximate surface area is 107 Å². The molecule has 1 aromatic carbocycles. The van der Waals surface area contributed by atoms with Crippen molar-refractivity contribution in [2.45, 2.75) is 58.8 Å². The summed E-state index contributed by atoms with van der Waals surface area (Å²) < 4.78 is 0. The van der Waals surface area contributed by atoms with E-state index in [0.29, 0.717) is 5.92 Å². The van der Waals surface area contributed by atoms with Gasteiger partial charge in [-0.05, 0) is 30.0 Å². The standard InChI is InChI=1S/C16H27N/c1-4-5-6-7-8-12-17-16-11-9-10-15(13-16)14(2)3/h9-11,13-14,17H,4-8,12H2,1-3H3. The van der Waals surface area contributed by atoms with Crippen LogP contribution in [0.3, 0.4) is 0 Å². The summed E-state index contributed by atoms with van der Waals surface area (Å²) in [5.41, 5.74) is 2.69. The molecular weight excluding hydrogens is 206 g/mol. The fraction of sp³-hybridized carbons (Fsp3) is 0.625. The average Bonchev–Trinajstić information content (AvgIpc) is 2.34. The summed E-state index contributed by atoms with van der Waals surface area (Å²) in [4.78, 5) is 0. The van der Waals surface area contributed by atoms with E-state index in [1.54, 1.807) is 0 Å². The Morgan fingerprint density at radius 3 is 2.53 bits per heavy atom. The summed E-state index contributed by atoms with van der Waals surface area (Å²) in [6, 6.07) is 8.79. The first-order valence-corrected chi connectivity index (χ1v) is 7.08. The molecule has 0 atom stereocenters. The zero-order chi connectivity index (χ0) is 12.5. The van der Waals surface area contributed by atoms with E-state index in [1.807, 2.05) is 0 Å². The lowest BCUT2D eigenvalue weighted by molar-refractivity contribution is 0.645. The maximum absolute atomic E-state index is 3.52. The maximum atomic E-state index is 3.52. The van der Waals surface area contributed by atoms with Gasteiger partial charge in [0.2, 0.25) is 0 Å². The van der Waals surface area contributed by atoms with Gasteiger partial charge in [-0.15, -0.1) is 0 Å². The van der Waals surface area contributed by atoms with Gasteiger partial charge in [0, 0.05) is 12.2 Å². The van der Waals surface area contributed by atoms with Crippen LogP contribution in [0.5, 0.6) is 0 Å². The van der Waals surface area contributed by atoms with Crippen molar-refractivity contribution in [3.63, 3.8) is 0 Å². The van der Waals surface area contributed by atoms with E-state index in [-0.39, 0.29) is 0 Å². The van der Waals surface area contributed by atoms with Gasteiger partial charge in [0.15, 0.2) is 0 Å². The zero-order valence-corrected chi connectivity index (χ0v) is 11.6. The fourth-order valence-electron chi connectivity index (χ4n) is 1.97. The lowest BCUT2D eigenvalue weighted by atomic mass is 10.0. The second-order valence-corrected chi connectivity index (χ2v) is 5.12. The van der Waals surface area contributed by atoms with E-state index in [2.05, 4.69) is 50.4 Å². The molecule has 1 rings (SSSR count). The van der Waals surface area contributed by atoms with Crippen LogP contribution in [0.15, 0.2) is 24.3 Å². The van der Waals surface area contributed by atoms with Crippen LogP contribution < -0.4 is 5.32 Å². The Kier molecular flexibility index (Phi) is 6.76. The van der Waals surface area contributed by atoms with Gasteiger partial charge in [0.1, 0.15) is 0 Å². The lowest BCUT2D eigenvalue weighted by Crippen LogP contribution is -2.02. The third-order valence-corrected chi connectivity index (χ3v) is 3.16. The third kappa shape index (κ3) is 5.76. The van der Waals surface area contributed by atoms with Gasteiger partial charge in [0.05, 0.1) is 0 Å². The molecule has 0 amide bonds. The number of anilines is 1. The van der Waals surface area contributed by atoms with E-state index in [1.165, 1.54) is 43.4 Å². The van der Waals surface area contributed by atoms with Crippen molar-refractivity contribution in [3.8, 4) is 0 Å². The molecule has 1 nitrogen and oxygen atoms in total. The molecule has 0 unspecified atom stereocenters. The molecule has 1 N–H and O–H groups in total. The number of benzene rings is 1. The molecule has 0 saturated heterocycles. The van der Waals surface area contributed by atoms with Crippen molar-refractivity contribution in [1.82, 2.24) is 0 Å². The minimum atomic E-state index is 0.612. The Morgan fingerprint density at radius 1 is 1.06 bits per heavy atom. The van der Waals surface area contributed by atoms with E-state index in [9.17, 15) is 0 Å². The van der Waals surface area contributed by atoms with Gasteiger partial charge in [-0.1, -0.05) is 58.6 Å². The van der Waals surface area contributed by atoms with E-state index in [0.717, 1.165) is 6.54 Å². The lowest BCUT2D eigenvalue weighted by Gasteiger charge is -2.10. The van der Waals surface area contributed by atoms with Crippen molar-refractivity contribution in [1.29, 1.82) is 0 Å². The van der Waals surface area contributed by atoms with E-state index in [4.69, 9.17) is 0 Å². The summed E-state index contributed by atoms with van der Waals surface area (Å²) in [5, 5.41) is 3.52. The van der Waals surface area contributed by atoms with Crippen LogP contribution in [-0.4, -0.2) is 6.54 Å². The summed E-state index contributed by atoms with van der Waals surface area (Å²) in [6.45, 7) is 7.84. The summed E-state index contributed by atoms with van der Waals surface area (Å²) in [6.07, 6.45) is 6.72. The van der Waals surface area contributed by atoms with Crippen molar-refractivity contribution in [2.24, 2.45) is 0 Å². The molecule has 17 heavy (non-hydrogen) atoms. The van der Waals surface area contributed by atoms with Crippen LogP contribution in [-0.2, 0) is 0 Å². The maximum Gasteiger partial charge on any atom is 0.0343 e. The van der Waals surface area contributed by atoms with Crippen LogP contribution in [0.25, 0.3) is 0 Å². The molecule has 1 heteroatoms. The Hall–Kier alpha value is -0.980. The Bertz CT molecular complexity index is 304. The van der Waals surface area contributed by atoms with Crippen LogP contribution in [0.4, 0.5) is 5.69 Å².